The standard InChI is InChI=1S/C22H24ClN3O3/c1-15-18(23)4-3-5-19(15)26-21(27)14-20(22(26)28)25-12-10-24(11-13-25)16-6-8-17(29-2)9-7-16/h3-9,20H,10-14H2,1-2H3/p+1/t20-/m0/s1. The summed E-state index contributed by atoms with van der Waals surface area (Å²) in [5.41, 5.74) is 2.51. The number of benzene rings is 2. The fraction of sp³-hybridized carbons (Fsp3) is 0.364. The molecule has 0 radical (unpaired) electrons. The van der Waals surface area contributed by atoms with Crippen LogP contribution >= 0.6 is 11.6 Å². The Hall–Kier alpha value is -2.57. The Bertz CT molecular complexity index is 923. The third-order valence-corrected chi connectivity index (χ3v) is 6.37. The van der Waals surface area contributed by atoms with Crippen molar-refractivity contribution in [3.63, 3.8) is 0 Å². The van der Waals surface area contributed by atoms with Gasteiger partial charge in [-0.2, -0.15) is 0 Å². The fourth-order valence-corrected chi connectivity index (χ4v) is 4.41. The summed E-state index contributed by atoms with van der Waals surface area (Å²) in [7, 11) is 1.66. The molecule has 0 aliphatic carbocycles. The van der Waals surface area contributed by atoms with Gasteiger partial charge in [0.1, 0.15) is 5.75 Å². The molecule has 2 aromatic rings. The zero-order valence-corrected chi connectivity index (χ0v) is 17.4. The minimum atomic E-state index is -0.320. The smallest absolute Gasteiger partial charge is 0.292 e. The maximum atomic E-state index is 13.1. The van der Waals surface area contributed by atoms with E-state index in [1.54, 1.807) is 25.3 Å². The number of amides is 2. The number of hydrogen-bond acceptors (Lipinski definition) is 4. The van der Waals surface area contributed by atoms with Crippen LogP contribution < -0.4 is 19.4 Å². The molecule has 152 valence electrons. The predicted molar refractivity (Wildman–Crippen MR) is 113 cm³/mol. The van der Waals surface area contributed by atoms with Gasteiger partial charge < -0.3 is 14.5 Å². The van der Waals surface area contributed by atoms with Crippen molar-refractivity contribution < 1.29 is 19.2 Å². The van der Waals surface area contributed by atoms with E-state index in [9.17, 15) is 9.59 Å². The molecule has 0 saturated carbocycles. The van der Waals surface area contributed by atoms with Crippen molar-refractivity contribution in [3.05, 3.63) is 53.1 Å². The number of hydrogen-bond donors (Lipinski definition) is 1. The molecule has 2 amide bonds. The average molecular weight is 415 g/mol. The van der Waals surface area contributed by atoms with Crippen LogP contribution in [0.5, 0.6) is 5.75 Å². The number of rotatable bonds is 4. The summed E-state index contributed by atoms with van der Waals surface area (Å²) in [6, 6.07) is 13.0. The first kappa shape index (κ1) is 19.7. The quantitative estimate of drug-likeness (QED) is 0.774. The highest BCUT2D eigenvalue weighted by Gasteiger charge is 2.46. The molecule has 2 heterocycles. The molecule has 1 N–H and O–H groups in total. The minimum absolute atomic E-state index is 0.117. The molecule has 2 fully saturated rings. The molecule has 0 bridgehead atoms. The molecule has 4 rings (SSSR count). The van der Waals surface area contributed by atoms with Crippen molar-refractivity contribution in [1.29, 1.82) is 0 Å². The van der Waals surface area contributed by atoms with Crippen molar-refractivity contribution in [2.24, 2.45) is 0 Å². The van der Waals surface area contributed by atoms with E-state index in [2.05, 4.69) is 17.0 Å². The van der Waals surface area contributed by atoms with E-state index in [-0.39, 0.29) is 24.3 Å². The first-order valence-electron chi connectivity index (χ1n) is 9.85. The maximum absolute atomic E-state index is 13.1. The predicted octanol–water partition coefficient (Wildman–Crippen LogP) is 1.69. The van der Waals surface area contributed by atoms with Gasteiger partial charge in [0, 0.05) is 10.7 Å². The van der Waals surface area contributed by atoms with Crippen LogP contribution in [0.1, 0.15) is 12.0 Å². The molecule has 0 spiro atoms. The van der Waals surface area contributed by atoms with Gasteiger partial charge in [0.25, 0.3) is 5.91 Å². The maximum Gasteiger partial charge on any atom is 0.292 e. The number of halogens is 1. The molecule has 7 heteroatoms. The number of imide groups is 1. The molecule has 0 unspecified atom stereocenters. The summed E-state index contributed by atoms with van der Waals surface area (Å²) < 4.78 is 5.22. The van der Waals surface area contributed by atoms with Crippen LogP contribution in [0.2, 0.25) is 5.02 Å². The molecule has 2 aromatic carbocycles. The lowest BCUT2D eigenvalue weighted by Crippen LogP contribution is -3.19. The van der Waals surface area contributed by atoms with E-state index in [1.807, 2.05) is 19.1 Å². The van der Waals surface area contributed by atoms with Gasteiger partial charge in [-0.3, -0.25) is 9.59 Å². The van der Waals surface area contributed by atoms with Gasteiger partial charge in [-0.25, -0.2) is 4.90 Å². The summed E-state index contributed by atoms with van der Waals surface area (Å²) >= 11 is 6.20. The van der Waals surface area contributed by atoms with Gasteiger partial charge in [0.05, 0.1) is 45.4 Å². The van der Waals surface area contributed by atoms with Crippen LogP contribution in [0.4, 0.5) is 11.4 Å². The molecule has 29 heavy (non-hydrogen) atoms. The Morgan fingerprint density at radius 1 is 1.07 bits per heavy atom. The summed E-state index contributed by atoms with van der Waals surface area (Å²) in [5, 5.41) is 0.562. The highest BCUT2D eigenvalue weighted by molar-refractivity contribution is 6.32. The number of anilines is 2. The fourth-order valence-electron chi connectivity index (χ4n) is 4.24. The normalized spacial score (nSPS) is 20.4. The molecule has 6 nitrogen and oxygen atoms in total. The van der Waals surface area contributed by atoms with Gasteiger partial charge in [0.2, 0.25) is 5.91 Å². The largest absolute Gasteiger partial charge is 0.497 e. The van der Waals surface area contributed by atoms with Gasteiger partial charge in [-0.05, 0) is 48.9 Å². The molecule has 2 saturated heterocycles. The van der Waals surface area contributed by atoms with E-state index < -0.39 is 0 Å². The Labute approximate surface area is 175 Å². The van der Waals surface area contributed by atoms with Gasteiger partial charge in [0.15, 0.2) is 6.04 Å². The number of piperazine rings is 1. The van der Waals surface area contributed by atoms with E-state index in [0.29, 0.717) is 10.7 Å². The zero-order valence-electron chi connectivity index (χ0n) is 16.7. The van der Waals surface area contributed by atoms with Crippen molar-refractivity contribution in [2.45, 2.75) is 19.4 Å². The summed E-state index contributed by atoms with van der Waals surface area (Å²) in [6.45, 7) is 5.16. The molecular formula is C22H25ClN3O3+. The highest BCUT2D eigenvalue weighted by atomic mass is 35.5. The first-order valence-corrected chi connectivity index (χ1v) is 10.2. The molecule has 2 aliphatic heterocycles. The number of carbonyl (C=O) groups excluding carboxylic acids is 2. The summed E-state index contributed by atoms with van der Waals surface area (Å²) in [4.78, 5) is 30.6. The first-order chi connectivity index (χ1) is 14.0. The van der Waals surface area contributed by atoms with Crippen LogP contribution in [-0.4, -0.2) is 51.1 Å². The van der Waals surface area contributed by atoms with E-state index >= 15 is 0 Å². The average Bonchev–Trinajstić information content (AvgIpc) is 3.04. The zero-order chi connectivity index (χ0) is 20.5. The van der Waals surface area contributed by atoms with Crippen molar-refractivity contribution >= 4 is 34.8 Å². The second kappa shape index (κ2) is 8.05. The summed E-state index contributed by atoms with van der Waals surface area (Å²) in [6.07, 6.45) is 0.253. The van der Waals surface area contributed by atoms with Crippen LogP contribution in [0.3, 0.4) is 0 Å². The van der Waals surface area contributed by atoms with Gasteiger partial charge in [-0.1, -0.05) is 17.7 Å². The van der Waals surface area contributed by atoms with E-state index in [4.69, 9.17) is 16.3 Å². The second-order valence-corrected chi connectivity index (χ2v) is 7.96. The van der Waals surface area contributed by atoms with Crippen molar-refractivity contribution in [1.82, 2.24) is 0 Å². The number of quaternary nitrogens is 1. The third kappa shape index (κ3) is 3.70. The highest BCUT2D eigenvalue weighted by Crippen LogP contribution is 2.30. The van der Waals surface area contributed by atoms with Crippen molar-refractivity contribution in [3.8, 4) is 5.75 Å². The van der Waals surface area contributed by atoms with Crippen molar-refractivity contribution in [2.75, 3.05) is 43.1 Å². The molecular weight excluding hydrogens is 390 g/mol. The van der Waals surface area contributed by atoms with Crippen LogP contribution in [0, 0.1) is 6.92 Å². The SMILES string of the molecule is COc1ccc(N2CC[NH+]([C@H]3CC(=O)N(c4cccc(Cl)c4C)C3=O)CC2)cc1. The Balaban J connectivity index is 1.44. The summed E-state index contributed by atoms with van der Waals surface area (Å²) in [5.74, 6) is 0.577. The Morgan fingerprint density at radius 3 is 2.41 bits per heavy atom. The minimum Gasteiger partial charge on any atom is -0.497 e. The number of nitrogens with one attached hydrogen (secondary N) is 1. The Morgan fingerprint density at radius 2 is 1.76 bits per heavy atom. The monoisotopic (exact) mass is 414 g/mol. The second-order valence-electron chi connectivity index (χ2n) is 7.55. The number of carbonyl (C=O) groups is 2. The molecule has 0 aromatic heterocycles. The van der Waals surface area contributed by atoms with Crippen LogP contribution in [0.25, 0.3) is 0 Å². The number of ether oxygens (including phenoxy) is 1. The Kier molecular flexibility index (Phi) is 5.48. The van der Waals surface area contributed by atoms with Crippen LogP contribution in [-0.2, 0) is 9.59 Å². The van der Waals surface area contributed by atoms with Gasteiger partial charge >= 0.3 is 0 Å². The molecule has 2 aliphatic rings. The lowest BCUT2D eigenvalue weighted by Gasteiger charge is -2.35. The number of nitrogens with zero attached hydrogens (tertiary/aromatic N) is 2. The van der Waals surface area contributed by atoms with Gasteiger partial charge in [-0.15, -0.1) is 0 Å². The van der Waals surface area contributed by atoms with Crippen LogP contribution in [0.15, 0.2) is 42.5 Å². The lowest BCUT2D eigenvalue weighted by atomic mass is 10.1. The lowest BCUT2D eigenvalue weighted by molar-refractivity contribution is -0.915. The third-order valence-electron chi connectivity index (χ3n) is 5.96. The number of methoxy groups -OCH3 is 1. The van der Waals surface area contributed by atoms with E-state index in [1.165, 1.54) is 9.80 Å². The topological polar surface area (TPSA) is 54.3 Å². The molecule has 1 atom stereocenters. The van der Waals surface area contributed by atoms with E-state index in [0.717, 1.165) is 43.2 Å².